The van der Waals surface area contributed by atoms with Gasteiger partial charge in [0.05, 0.1) is 7.11 Å². The SMILES string of the molecule is CCC1CCCCC1(N)c1ccc(OC)c(F)c1. The lowest BCUT2D eigenvalue weighted by atomic mass is 9.68. The molecule has 1 saturated carbocycles. The second-order valence-electron chi connectivity index (χ2n) is 5.24. The quantitative estimate of drug-likeness (QED) is 0.891. The molecule has 0 spiro atoms. The Morgan fingerprint density at radius 1 is 1.44 bits per heavy atom. The number of benzene rings is 1. The minimum atomic E-state index is -0.375. The maximum Gasteiger partial charge on any atom is 0.165 e. The van der Waals surface area contributed by atoms with Crippen LogP contribution >= 0.6 is 0 Å². The maximum atomic E-state index is 13.8. The minimum absolute atomic E-state index is 0.284. The molecule has 2 rings (SSSR count). The fraction of sp³-hybridized carbons (Fsp3) is 0.600. The summed E-state index contributed by atoms with van der Waals surface area (Å²) in [4.78, 5) is 0. The van der Waals surface area contributed by atoms with Crippen LogP contribution in [0.25, 0.3) is 0 Å². The van der Waals surface area contributed by atoms with Crippen molar-refractivity contribution in [1.29, 1.82) is 0 Å². The summed E-state index contributed by atoms with van der Waals surface area (Å²) in [6.07, 6.45) is 5.48. The van der Waals surface area contributed by atoms with Gasteiger partial charge in [-0.05, 0) is 36.5 Å². The predicted octanol–water partition coefficient (Wildman–Crippen LogP) is 3.59. The van der Waals surface area contributed by atoms with E-state index < -0.39 is 0 Å². The summed E-state index contributed by atoms with van der Waals surface area (Å²) in [6.45, 7) is 2.16. The highest BCUT2D eigenvalue weighted by atomic mass is 19.1. The van der Waals surface area contributed by atoms with Crippen molar-refractivity contribution in [2.24, 2.45) is 11.7 Å². The molecule has 0 radical (unpaired) electrons. The van der Waals surface area contributed by atoms with E-state index in [0.29, 0.717) is 5.92 Å². The van der Waals surface area contributed by atoms with Gasteiger partial charge in [0, 0.05) is 5.54 Å². The van der Waals surface area contributed by atoms with Crippen LogP contribution in [-0.4, -0.2) is 7.11 Å². The zero-order valence-corrected chi connectivity index (χ0v) is 11.2. The van der Waals surface area contributed by atoms with Crippen LogP contribution in [0.5, 0.6) is 5.75 Å². The molecular formula is C15H22FNO. The van der Waals surface area contributed by atoms with E-state index in [9.17, 15) is 4.39 Å². The van der Waals surface area contributed by atoms with Gasteiger partial charge >= 0.3 is 0 Å². The monoisotopic (exact) mass is 251 g/mol. The molecule has 1 fully saturated rings. The smallest absolute Gasteiger partial charge is 0.165 e. The molecule has 1 aromatic rings. The highest BCUT2D eigenvalue weighted by molar-refractivity contribution is 5.34. The normalized spacial score (nSPS) is 28.1. The Hall–Kier alpha value is -1.09. The van der Waals surface area contributed by atoms with Crippen LogP contribution in [-0.2, 0) is 5.54 Å². The molecule has 1 aliphatic carbocycles. The average Bonchev–Trinajstić information content (AvgIpc) is 2.39. The van der Waals surface area contributed by atoms with Crippen molar-refractivity contribution in [3.05, 3.63) is 29.6 Å². The van der Waals surface area contributed by atoms with Gasteiger partial charge in [0.25, 0.3) is 0 Å². The van der Waals surface area contributed by atoms with Gasteiger partial charge in [-0.2, -0.15) is 0 Å². The predicted molar refractivity (Wildman–Crippen MR) is 71.1 cm³/mol. The summed E-state index contributed by atoms with van der Waals surface area (Å²) >= 11 is 0. The van der Waals surface area contributed by atoms with E-state index in [1.54, 1.807) is 12.1 Å². The molecule has 18 heavy (non-hydrogen) atoms. The molecule has 0 heterocycles. The van der Waals surface area contributed by atoms with E-state index in [4.69, 9.17) is 10.5 Å². The van der Waals surface area contributed by atoms with Crippen LogP contribution in [0, 0.1) is 11.7 Å². The largest absolute Gasteiger partial charge is 0.494 e. The lowest BCUT2D eigenvalue weighted by Gasteiger charge is -2.41. The number of ether oxygens (including phenoxy) is 1. The van der Waals surface area contributed by atoms with Gasteiger partial charge in [-0.15, -0.1) is 0 Å². The van der Waals surface area contributed by atoms with Crippen LogP contribution < -0.4 is 10.5 Å². The van der Waals surface area contributed by atoms with E-state index in [1.165, 1.54) is 13.5 Å². The molecule has 0 aliphatic heterocycles. The third-order valence-corrected chi connectivity index (χ3v) is 4.30. The van der Waals surface area contributed by atoms with Crippen LogP contribution in [0.15, 0.2) is 18.2 Å². The zero-order chi connectivity index (χ0) is 13.2. The molecular weight excluding hydrogens is 229 g/mol. The minimum Gasteiger partial charge on any atom is -0.494 e. The fourth-order valence-corrected chi connectivity index (χ4v) is 3.17. The third kappa shape index (κ3) is 2.24. The first kappa shape index (κ1) is 13.3. The van der Waals surface area contributed by atoms with Gasteiger partial charge in [0.2, 0.25) is 0 Å². The molecule has 2 atom stereocenters. The van der Waals surface area contributed by atoms with E-state index in [2.05, 4.69) is 6.92 Å². The van der Waals surface area contributed by atoms with Gasteiger partial charge in [-0.3, -0.25) is 0 Å². The second kappa shape index (κ2) is 5.27. The lowest BCUT2D eigenvalue weighted by molar-refractivity contribution is 0.183. The standard InChI is InChI=1S/C15H22FNO/c1-3-11-6-4-5-9-15(11,17)12-7-8-14(18-2)13(16)10-12/h7-8,10-11H,3-6,9,17H2,1-2H3. The van der Waals surface area contributed by atoms with Crippen molar-refractivity contribution in [3.63, 3.8) is 0 Å². The van der Waals surface area contributed by atoms with Crippen LogP contribution in [0.3, 0.4) is 0 Å². The first-order valence-electron chi connectivity index (χ1n) is 6.74. The molecule has 0 aromatic heterocycles. The summed E-state index contributed by atoms with van der Waals surface area (Å²) in [5.41, 5.74) is 7.12. The molecule has 100 valence electrons. The van der Waals surface area contributed by atoms with Gasteiger partial charge < -0.3 is 10.5 Å². The van der Waals surface area contributed by atoms with Gasteiger partial charge in [-0.25, -0.2) is 4.39 Å². The number of halogens is 1. The maximum absolute atomic E-state index is 13.8. The van der Waals surface area contributed by atoms with Crippen LogP contribution in [0.4, 0.5) is 4.39 Å². The number of methoxy groups -OCH3 is 1. The Kier molecular flexibility index (Phi) is 3.91. The van der Waals surface area contributed by atoms with Crippen molar-refractivity contribution in [1.82, 2.24) is 0 Å². The van der Waals surface area contributed by atoms with Gasteiger partial charge in [0.15, 0.2) is 11.6 Å². The molecule has 1 aromatic carbocycles. The second-order valence-corrected chi connectivity index (χ2v) is 5.24. The van der Waals surface area contributed by atoms with E-state index in [-0.39, 0.29) is 17.1 Å². The fourth-order valence-electron chi connectivity index (χ4n) is 3.17. The van der Waals surface area contributed by atoms with E-state index >= 15 is 0 Å². The Balaban J connectivity index is 2.36. The number of hydrogen-bond acceptors (Lipinski definition) is 2. The molecule has 2 N–H and O–H groups in total. The third-order valence-electron chi connectivity index (χ3n) is 4.30. The Labute approximate surface area is 108 Å². The number of nitrogens with two attached hydrogens (primary N) is 1. The topological polar surface area (TPSA) is 35.2 Å². The molecule has 3 heteroatoms. The molecule has 0 saturated heterocycles. The summed E-state index contributed by atoms with van der Waals surface area (Å²) < 4.78 is 18.8. The molecule has 1 aliphatic rings. The van der Waals surface area contributed by atoms with Crippen molar-refractivity contribution >= 4 is 0 Å². The Bertz CT molecular complexity index is 421. The lowest BCUT2D eigenvalue weighted by Crippen LogP contribution is -2.46. The zero-order valence-electron chi connectivity index (χ0n) is 11.2. The molecule has 2 unspecified atom stereocenters. The van der Waals surface area contributed by atoms with Gasteiger partial charge in [0.1, 0.15) is 0 Å². The summed E-state index contributed by atoms with van der Waals surface area (Å²) in [5.74, 6) is 0.408. The van der Waals surface area contributed by atoms with Gasteiger partial charge in [-0.1, -0.05) is 32.3 Å². The molecule has 0 amide bonds. The number of rotatable bonds is 3. The van der Waals surface area contributed by atoms with Crippen molar-refractivity contribution < 1.29 is 9.13 Å². The van der Waals surface area contributed by atoms with Crippen molar-refractivity contribution in [2.45, 2.75) is 44.6 Å². The summed E-state index contributed by atoms with van der Waals surface area (Å²) in [5, 5.41) is 0. The first-order valence-corrected chi connectivity index (χ1v) is 6.74. The highest BCUT2D eigenvalue weighted by Crippen LogP contribution is 2.42. The Morgan fingerprint density at radius 3 is 2.83 bits per heavy atom. The van der Waals surface area contributed by atoms with Crippen LogP contribution in [0.1, 0.15) is 44.6 Å². The first-order chi connectivity index (χ1) is 8.61. The highest BCUT2D eigenvalue weighted by Gasteiger charge is 2.37. The van der Waals surface area contributed by atoms with E-state index in [1.807, 2.05) is 6.07 Å². The summed E-state index contributed by atoms with van der Waals surface area (Å²) in [7, 11) is 1.48. The van der Waals surface area contributed by atoms with Crippen molar-refractivity contribution in [2.75, 3.05) is 7.11 Å². The average molecular weight is 251 g/mol. The van der Waals surface area contributed by atoms with E-state index in [0.717, 1.165) is 31.2 Å². The van der Waals surface area contributed by atoms with Crippen LogP contribution in [0.2, 0.25) is 0 Å². The molecule has 2 nitrogen and oxygen atoms in total. The molecule has 0 bridgehead atoms. The van der Waals surface area contributed by atoms with Crippen molar-refractivity contribution in [3.8, 4) is 5.75 Å². The Morgan fingerprint density at radius 2 is 2.22 bits per heavy atom. The summed E-state index contributed by atoms with van der Waals surface area (Å²) in [6, 6.07) is 5.14. The number of hydrogen-bond donors (Lipinski definition) is 1.